The molecule has 0 bridgehead atoms. The van der Waals surface area contributed by atoms with Crippen LogP contribution in [-0.2, 0) is 4.79 Å². The molecule has 6 heteroatoms. The summed E-state index contributed by atoms with van der Waals surface area (Å²) in [5.41, 5.74) is 2.47. The van der Waals surface area contributed by atoms with Crippen LogP contribution in [0.15, 0.2) is 36.5 Å². The second-order valence-corrected chi connectivity index (χ2v) is 4.92. The van der Waals surface area contributed by atoms with Gasteiger partial charge in [-0.05, 0) is 44.2 Å². The number of carbonyl (C=O) groups is 2. The number of nitrogens with one attached hydrogen (secondary N) is 1. The van der Waals surface area contributed by atoms with Crippen LogP contribution in [0.2, 0.25) is 0 Å². The van der Waals surface area contributed by atoms with Crippen molar-refractivity contribution in [2.24, 2.45) is 0 Å². The van der Waals surface area contributed by atoms with Gasteiger partial charge in [0.2, 0.25) is 5.91 Å². The minimum absolute atomic E-state index is 0.0614. The van der Waals surface area contributed by atoms with Crippen LogP contribution in [-0.4, -0.2) is 46.6 Å². The number of benzene rings is 1. The van der Waals surface area contributed by atoms with E-state index in [1.165, 1.54) is 4.90 Å². The highest BCUT2D eigenvalue weighted by Crippen LogP contribution is 2.13. The predicted molar refractivity (Wildman–Crippen MR) is 83.9 cm³/mol. The second kappa shape index (κ2) is 6.89. The molecule has 2 rings (SSSR count). The maximum atomic E-state index is 12.4. The standard InChI is InChI=1S/C16H20N4O2/c1-4-19(11-15(21)17-3)16(22)13-5-7-14(8-6-13)20-12(2)9-10-18-20/h5-10H,4,11H2,1-3H3,(H,17,21). The van der Waals surface area contributed by atoms with Gasteiger partial charge in [-0.2, -0.15) is 5.10 Å². The quantitative estimate of drug-likeness (QED) is 0.907. The zero-order chi connectivity index (χ0) is 16.1. The number of nitrogens with zero attached hydrogens (tertiary/aromatic N) is 3. The molecule has 2 amide bonds. The number of likely N-dealkylation sites (N-methyl/N-ethyl adjacent to an activating group) is 2. The largest absolute Gasteiger partial charge is 0.358 e. The van der Waals surface area contributed by atoms with Crippen LogP contribution in [0.3, 0.4) is 0 Å². The van der Waals surface area contributed by atoms with Crippen LogP contribution in [0.25, 0.3) is 5.69 Å². The molecule has 1 aromatic heterocycles. The summed E-state index contributed by atoms with van der Waals surface area (Å²) in [4.78, 5) is 25.4. The van der Waals surface area contributed by atoms with Crippen LogP contribution < -0.4 is 5.32 Å². The molecule has 0 unspecified atom stereocenters. The van der Waals surface area contributed by atoms with E-state index in [0.717, 1.165) is 11.4 Å². The summed E-state index contributed by atoms with van der Waals surface area (Å²) in [7, 11) is 1.56. The average molecular weight is 300 g/mol. The second-order valence-electron chi connectivity index (χ2n) is 4.92. The Morgan fingerprint density at radius 1 is 1.23 bits per heavy atom. The van der Waals surface area contributed by atoms with E-state index in [-0.39, 0.29) is 18.4 Å². The molecule has 0 fully saturated rings. The van der Waals surface area contributed by atoms with Crippen LogP contribution >= 0.6 is 0 Å². The zero-order valence-electron chi connectivity index (χ0n) is 13.0. The first-order valence-corrected chi connectivity index (χ1v) is 7.17. The molecule has 1 aromatic carbocycles. The summed E-state index contributed by atoms with van der Waals surface area (Å²) in [5.74, 6) is -0.339. The van der Waals surface area contributed by atoms with E-state index in [2.05, 4.69) is 10.4 Å². The zero-order valence-corrected chi connectivity index (χ0v) is 13.0. The number of rotatable bonds is 5. The molecule has 0 radical (unpaired) electrons. The SMILES string of the molecule is CCN(CC(=O)NC)C(=O)c1ccc(-n2nccc2C)cc1. The maximum Gasteiger partial charge on any atom is 0.254 e. The normalized spacial score (nSPS) is 10.3. The lowest BCUT2D eigenvalue weighted by molar-refractivity contribution is -0.121. The highest BCUT2D eigenvalue weighted by molar-refractivity contribution is 5.96. The summed E-state index contributed by atoms with van der Waals surface area (Å²) in [5, 5.41) is 6.76. The van der Waals surface area contributed by atoms with Gasteiger partial charge >= 0.3 is 0 Å². The van der Waals surface area contributed by atoms with Gasteiger partial charge in [0.05, 0.1) is 12.2 Å². The molecule has 22 heavy (non-hydrogen) atoms. The van der Waals surface area contributed by atoms with Crippen molar-refractivity contribution < 1.29 is 9.59 Å². The van der Waals surface area contributed by atoms with Crippen molar-refractivity contribution in [1.29, 1.82) is 0 Å². The Labute approximate surface area is 129 Å². The summed E-state index contributed by atoms with van der Waals surface area (Å²) in [6.07, 6.45) is 1.73. The first kappa shape index (κ1) is 15.8. The van der Waals surface area contributed by atoms with Crippen LogP contribution in [0.5, 0.6) is 0 Å². The summed E-state index contributed by atoms with van der Waals surface area (Å²) in [6, 6.07) is 9.12. The van der Waals surface area contributed by atoms with Crippen molar-refractivity contribution in [3.63, 3.8) is 0 Å². The van der Waals surface area contributed by atoms with Crippen molar-refractivity contribution in [2.75, 3.05) is 20.1 Å². The van der Waals surface area contributed by atoms with Gasteiger partial charge in [0, 0.05) is 31.0 Å². The molecule has 0 saturated heterocycles. The first-order chi connectivity index (χ1) is 10.6. The Kier molecular flexibility index (Phi) is 4.93. The van der Waals surface area contributed by atoms with E-state index >= 15 is 0 Å². The van der Waals surface area contributed by atoms with Gasteiger partial charge < -0.3 is 10.2 Å². The number of aromatic nitrogens is 2. The van der Waals surface area contributed by atoms with E-state index < -0.39 is 0 Å². The number of aryl methyl sites for hydroxylation is 1. The van der Waals surface area contributed by atoms with Gasteiger partial charge in [-0.25, -0.2) is 4.68 Å². The average Bonchev–Trinajstić information content (AvgIpc) is 2.98. The third-order valence-corrected chi connectivity index (χ3v) is 3.47. The minimum Gasteiger partial charge on any atom is -0.358 e. The van der Waals surface area contributed by atoms with E-state index in [9.17, 15) is 9.59 Å². The van der Waals surface area contributed by atoms with Crippen LogP contribution in [0.1, 0.15) is 23.0 Å². The fourth-order valence-electron chi connectivity index (χ4n) is 2.15. The summed E-state index contributed by atoms with van der Waals surface area (Å²) < 4.78 is 1.80. The lowest BCUT2D eigenvalue weighted by atomic mass is 10.1. The lowest BCUT2D eigenvalue weighted by Gasteiger charge is -2.20. The Hall–Kier alpha value is -2.63. The van der Waals surface area contributed by atoms with Crippen molar-refractivity contribution in [1.82, 2.24) is 20.0 Å². The van der Waals surface area contributed by atoms with E-state index in [1.54, 1.807) is 30.1 Å². The van der Waals surface area contributed by atoms with Crippen molar-refractivity contribution >= 4 is 11.8 Å². The van der Waals surface area contributed by atoms with Gasteiger partial charge in [0.25, 0.3) is 5.91 Å². The summed E-state index contributed by atoms with van der Waals surface area (Å²) in [6.45, 7) is 4.36. The summed E-state index contributed by atoms with van der Waals surface area (Å²) >= 11 is 0. The highest BCUT2D eigenvalue weighted by Gasteiger charge is 2.16. The molecule has 0 saturated carbocycles. The van der Waals surface area contributed by atoms with Gasteiger partial charge in [-0.3, -0.25) is 9.59 Å². The molecule has 1 N–H and O–H groups in total. The minimum atomic E-state index is -0.181. The molecule has 0 aliphatic rings. The van der Waals surface area contributed by atoms with Gasteiger partial charge in [0.15, 0.2) is 0 Å². The number of hydrogen-bond acceptors (Lipinski definition) is 3. The van der Waals surface area contributed by atoms with Gasteiger partial charge in [0.1, 0.15) is 0 Å². The van der Waals surface area contributed by atoms with E-state index in [4.69, 9.17) is 0 Å². The Morgan fingerprint density at radius 2 is 1.91 bits per heavy atom. The molecule has 6 nitrogen and oxygen atoms in total. The molecule has 0 atom stereocenters. The maximum absolute atomic E-state index is 12.4. The van der Waals surface area contributed by atoms with Gasteiger partial charge in [-0.15, -0.1) is 0 Å². The molecule has 116 valence electrons. The highest BCUT2D eigenvalue weighted by atomic mass is 16.2. The van der Waals surface area contributed by atoms with E-state index in [1.807, 2.05) is 32.0 Å². The molecule has 1 heterocycles. The predicted octanol–water partition coefficient (Wildman–Crippen LogP) is 1.39. The Morgan fingerprint density at radius 3 is 2.41 bits per heavy atom. The molecule has 0 aliphatic carbocycles. The molecular formula is C16H20N4O2. The molecule has 0 aliphatic heterocycles. The molecular weight excluding hydrogens is 280 g/mol. The monoisotopic (exact) mass is 300 g/mol. The lowest BCUT2D eigenvalue weighted by Crippen LogP contribution is -2.39. The first-order valence-electron chi connectivity index (χ1n) is 7.17. The van der Waals surface area contributed by atoms with Crippen molar-refractivity contribution in [3.05, 3.63) is 47.8 Å². The number of amides is 2. The molecule has 2 aromatic rings. The van der Waals surface area contributed by atoms with Crippen molar-refractivity contribution in [3.8, 4) is 5.69 Å². The number of hydrogen-bond donors (Lipinski definition) is 1. The van der Waals surface area contributed by atoms with Crippen LogP contribution in [0.4, 0.5) is 0 Å². The Balaban J connectivity index is 2.17. The van der Waals surface area contributed by atoms with Crippen LogP contribution in [0, 0.1) is 6.92 Å². The third-order valence-electron chi connectivity index (χ3n) is 3.47. The third kappa shape index (κ3) is 3.33. The fourth-order valence-corrected chi connectivity index (χ4v) is 2.15. The molecule has 0 spiro atoms. The van der Waals surface area contributed by atoms with Gasteiger partial charge in [-0.1, -0.05) is 0 Å². The fraction of sp³-hybridized carbons (Fsp3) is 0.312. The van der Waals surface area contributed by atoms with Crippen molar-refractivity contribution in [2.45, 2.75) is 13.8 Å². The topological polar surface area (TPSA) is 67.2 Å². The Bertz CT molecular complexity index is 661. The van der Waals surface area contributed by atoms with E-state index in [0.29, 0.717) is 12.1 Å². The smallest absolute Gasteiger partial charge is 0.254 e. The number of carbonyl (C=O) groups excluding carboxylic acids is 2.